The number of halogens is 1. The fraction of sp³-hybridized carbons (Fsp3) is 0. The molecule has 4 heteroatoms. The number of rotatable bonds is 2. The van der Waals surface area contributed by atoms with Gasteiger partial charge < -0.3 is 9.84 Å². The second kappa shape index (κ2) is 4.78. The highest BCUT2D eigenvalue weighted by atomic mass is 35.5. The highest BCUT2D eigenvalue weighted by Crippen LogP contribution is 2.35. The summed E-state index contributed by atoms with van der Waals surface area (Å²) in [6.07, 6.45) is 1.58. The molecule has 94 valence electrons. The van der Waals surface area contributed by atoms with Crippen LogP contribution in [-0.4, -0.2) is 10.1 Å². The lowest BCUT2D eigenvalue weighted by molar-refractivity contribution is 0.404. The summed E-state index contributed by atoms with van der Waals surface area (Å²) in [6, 6.07) is 14.5. The molecule has 1 heterocycles. The summed E-state index contributed by atoms with van der Waals surface area (Å²) in [5.74, 6) is 0.662. The van der Waals surface area contributed by atoms with Crippen molar-refractivity contribution in [3.63, 3.8) is 0 Å². The van der Waals surface area contributed by atoms with Crippen LogP contribution in [0.3, 0.4) is 0 Å². The maximum atomic E-state index is 9.96. The molecule has 19 heavy (non-hydrogen) atoms. The Hall–Kier alpha value is -2.26. The summed E-state index contributed by atoms with van der Waals surface area (Å²) in [7, 11) is 0. The van der Waals surface area contributed by atoms with E-state index in [0.717, 1.165) is 10.8 Å². The number of hydrogen-bond acceptors (Lipinski definition) is 3. The standard InChI is InChI=1S/C15H10ClNO2/c16-12-6-3-7-17-15(12)19-14-9-11-5-2-1-4-10(11)8-13(14)18/h1-9,18H. The van der Waals surface area contributed by atoms with Crippen molar-refractivity contribution in [2.24, 2.45) is 0 Å². The van der Waals surface area contributed by atoms with Crippen molar-refractivity contribution in [2.75, 3.05) is 0 Å². The van der Waals surface area contributed by atoms with E-state index in [1.54, 1.807) is 30.5 Å². The average Bonchev–Trinajstić information content (AvgIpc) is 2.42. The molecule has 1 N–H and O–H groups in total. The highest BCUT2D eigenvalue weighted by molar-refractivity contribution is 6.31. The van der Waals surface area contributed by atoms with Crippen LogP contribution in [-0.2, 0) is 0 Å². The molecule has 0 unspecified atom stereocenters. The minimum Gasteiger partial charge on any atom is -0.504 e. The van der Waals surface area contributed by atoms with Crippen LogP contribution in [0.5, 0.6) is 17.4 Å². The average molecular weight is 272 g/mol. The van der Waals surface area contributed by atoms with E-state index in [1.165, 1.54) is 0 Å². The van der Waals surface area contributed by atoms with Crippen LogP contribution in [0.25, 0.3) is 10.8 Å². The van der Waals surface area contributed by atoms with Gasteiger partial charge in [0.25, 0.3) is 0 Å². The zero-order valence-corrected chi connectivity index (χ0v) is 10.6. The van der Waals surface area contributed by atoms with E-state index in [-0.39, 0.29) is 11.6 Å². The Balaban J connectivity index is 2.06. The Morgan fingerprint density at radius 1 is 1.00 bits per heavy atom. The highest BCUT2D eigenvalue weighted by Gasteiger charge is 2.09. The van der Waals surface area contributed by atoms with Gasteiger partial charge in [0.2, 0.25) is 5.88 Å². The molecule has 3 rings (SSSR count). The lowest BCUT2D eigenvalue weighted by Crippen LogP contribution is -1.89. The lowest BCUT2D eigenvalue weighted by Gasteiger charge is -2.09. The number of phenolic OH excluding ortho intramolecular Hbond substituents is 1. The number of fused-ring (bicyclic) bond motifs is 1. The van der Waals surface area contributed by atoms with Crippen molar-refractivity contribution in [1.29, 1.82) is 0 Å². The van der Waals surface area contributed by atoms with Crippen molar-refractivity contribution >= 4 is 22.4 Å². The van der Waals surface area contributed by atoms with Gasteiger partial charge in [0.1, 0.15) is 5.02 Å². The van der Waals surface area contributed by atoms with Gasteiger partial charge in [-0.2, -0.15) is 0 Å². The van der Waals surface area contributed by atoms with Crippen molar-refractivity contribution in [3.05, 3.63) is 59.8 Å². The number of ether oxygens (including phenoxy) is 1. The molecule has 3 aromatic rings. The smallest absolute Gasteiger partial charge is 0.238 e. The van der Waals surface area contributed by atoms with E-state index in [9.17, 15) is 5.11 Å². The van der Waals surface area contributed by atoms with E-state index < -0.39 is 0 Å². The third-order valence-electron chi connectivity index (χ3n) is 2.76. The third-order valence-corrected chi connectivity index (χ3v) is 3.05. The molecule has 2 aromatic carbocycles. The van der Waals surface area contributed by atoms with Gasteiger partial charge in [-0.15, -0.1) is 0 Å². The van der Waals surface area contributed by atoms with E-state index in [1.807, 2.05) is 24.3 Å². The first-order chi connectivity index (χ1) is 9.24. The summed E-state index contributed by atoms with van der Waals surface area (Å²) in [5.41, 5.74) is 0. The summed E-state index contributed by atoms with van der Waals surface area (Å²) in [6.45, 7) is 0. The van der Waals surface area contributed by atoms with E-state index in [2.05, 4.69) is 4.98 Å². The molecule has 1 aromatic heterocycles. The van der Waals surface area contributed by atoms with Crippen LogP contribution in [0, 0.1) is 0 Å². The Kier molecular flexibility index (Phi) is 2.97. The van der Waals surface area contributed by atoms with Gasteiger partial charge in [0.15, 0.2) is 11.5 Å². The van der Waals surface area contributed by atoms with Gasteiger partial charge in [-0.1, -0.05) is 35.9 Å². The number of aromatic nitrogens is 1. The SMILES string of the molecule is Oc1cc2ccccc2cc1Oc1ncccc1Cl. The predicted octanol–water partition coefficient (Wildman–Crippen LogP) is 4.39. The van der Waals surface area contributed by atoms with Crippen molar-refractivity contribution in [3.8, 4) is 17.4 Å². The number of nitrogens with zero attached hydrogens (tertiary/aromatic N) is 1. The van der Waals surface area contributed by atoms with Gasteiger partial charge in [-0.25, -0.2) is 4.98 Å². The Morgan fingerprint density at radius 3 is 2.47 bits per heavy atom. The monoisotopic (exact) mass is 271 g/mol. The lowest BCUT2D eigenvalue weighted by atomic mass is 10.1. The van der Waals surface area contributed by atoms with Crippen LogP contribution >= 0.6 is 11.6 Å². The number of hydrogen-bond donors (Lipinski definition) is 1. The van der Waals surface area contributed by atoms with Crippen molar-refractivity contribution in [2.45, 2.75) is 0 Å². The molecule has 0 fully saturated rings. The van der Waals surface area contributed by atoms with E-state index in [4.69, 9.17) is 16.3 Å². The molecule has 0 saturated carbocycles. The molecule has 0 bridgehead atoms. The summed E-state index contributed by atoms with van der Waals surface area (Å²) < 4.78 is 5.55. The van der Waals surface area contributed by atoms with Gasteiger partial charge in [0, 0.05) is 6.20 Å². The summed E-state index contributed by atoms with van der Waals surface area (Å²) in [5, 5.41) is 12.3. The molecule has 0 aliphatic rings. The number of pyridine rings is 1. The molecule has 0 aliphatic heterocycles. The van der Waals surface area contributed by atoms with Gasteiger partial charge in [-0.3, -0.25) is 0 Å². The van der Waals surface area contributed by atoms with E-state index in [0.29, 0.717) is 10.8 Å². The molecule has 0 aliphatic carbocycles. The quantitative estimate of drug-likeness (QED) is 0.752. The molecule has 0 radical (unpaired) electrons. The second-order valence-corrected chi connectivity index (χ2v) is 4.47. The minimum absolute atomic E-state index is 0.0559. The maximum Gasteiger partial charge on any atom is 0.238 e. The molecule has 3 nitrogen and oxygen atoms in total. The predicted molar refractivity (Wildman–Crippen MR) is 74.9 cm³/mol. The zero-order valence-electron chi connectivity index (χ0n) is 9.88. The molecular formula is C15H10ClNO2. The van der Waals surface area contributed by atoms with Crippen LogP contribution in [0.2, 0.25) is 5.02 Å². The first-order valence-electron chi connectivity index (χ1n) is 5.74. The fourth-order valence-electron chi connectivity index (χ4n) is 1.84. The summed E-state index contributed by atoms with van der Waals surface area (Å²) >= 11 is 5.98. The van der Waals surface area contributed by atoms with E-state index >= 15 is 0 Å². The largest absolute Gasteiger partial charge is 0.504 e. The first-order valence-corrected chi connectivity index (χ1v) is 6.12. The Bertz CT molecular complexity index is 743. The number of aromatic hydroxyl groups is 1. The first kappa shape index (κ1) is 11.8. The normalized spacial score (nSPS) is 10.6. The zero-order chi connectivity index (χ0) is 13.2. The molecular weight excluding hydrogens is 262 g/mol. The van der Waals surface area contributed by atoms with Crippen LogP contribution < -0.4 is 4.74 Å². The molecule has 0 amide bonds. The van der Waals surface area contributed by atoms with Crippen LogP contribution in [0.4, 0.5) is 0 Å². The molecule has 0 atom stereocenters. The van der Waals surface area contributed by atoms with Gasteiger partial charge in [0.05, 0.1) is 0 Å². The van der Waals surface area contributed by atoms with Crippen molar-refractivity contribution < 1.29 is 9.84 Å². The number of benzene rings is 2. The Labute approximate surface area is 115 Å². The van der Waals surface area contributed by atoms with Crippen LogP contribution in [0.15, 0.2) is 54.7 Å². The number of phenols is 1. The minimum atomic E-state index is 0.0559. The maximum absolute atomic E-state index is 9.96. The van der Waals surface area contributed by atoms with Gasteiger partial charge in [-0.05, 0) is 35.0 Å². The molecule has 0 spiro atoms. The third kappa shape index (κ3) is 2.33. The Morgan fingerprint density at radius 2 is 1.74 bits per heavy atom. The summed E-state index contributed by atoms with van der Waals surface area (Å²) in [4.78, 5) is 4.03. The van der Waals surface area contributed by atoms with Crippen molar-refractivity contribution in [1.82, 2.24) is 4.98 Å². The topological polar surface area (TPSA) is 42.4 Å². The molecule has 0 saturated heterocycles. The second-order valence-electron chi connectivity index (χ2n) is 4.06. The van der Waals surface area contributed by atoms with Gasteiger partial charge >= 0.3 is 0 Å². The van der Waals surface area contributed by atoms with Crippen LogP contribution in [0.1, 0.15) is 0 Å². The fourth-order valence-corrected chi connectivity index (χ4v) is 2.00.